The van der Waals surface area contributed by atoms with Crippen LogP contribution in [0.15, 0.2) is 54.6 Å². The second kappa shape index (κ2) is 6.47. The van der Waals surface area contributed by atoms with Crippen LogP contribution in [0.4, 0.5) is 5.13 Å². The highest BCUT2D eigenvalue weighted by atomic mass is 32.1. The molecule has 2 N–H and O–H groups in total. The molecule has 3 aromatic rings. The van der Waals surface area contributed by atoms with Crippen molar-refractivity contribution in [1.82, 2.24) is 10.3 Å². The lowest BCUT2D eigenvalue weighted by Crippen LogP contribution is -2.27. The van der Waals surface area contributed by atoms with E-state index in [2.05, 4.69) is 15.6 Å². The van der Waals surface area contributed by atoms with Gasteiger partial charge in [-0.15, -0.1) is 0 Å². The first-order valence-corrected chi connectivity index (χ1v) is 7.53. The summed E-state index contributed by atoms with van der Waals surface area (Å²) in [7, 11) is 0. The number of rotatable bonds is 5. The van der Waals surface area contributed by atoms with E-state index in [0.29, 0.717) is 11.7 Å². The van der Waals surface area contributed by atoms with Gasteiger partial charge in [0.1, 0.15) is 0 Å². The number of nitrogens with one attached hydrogen (secondary N) is 2. The van der Waals surface area contributed by atoms with Crippen molar-refractivity contribution in [3.63, 3.8) is 0 Å². The lowest BCUT2D eigenvalue weighted by molar-refractivity contribution is -0.115. The summed E-state index contributed by atoms with van der Waals surface area (Å²) in [6.45, 7) is 0.943. The lowest BCUT2D eigenvalue weighted by Gasteiger charge is -2.04. The molecule has 2 aromatic carbocycles. The van der Waals surface area contributed by atoms with Gasteiger partial charge in [0.05, 0.1) is 16.8 Å². The molecule has 1 heterocycles. The van der Waals surface area contributed by atoms with Crippen molar-refractivity contribution in [2.75, 3.05) is 11.9 Å². The maximum absolute atomic E-state index is 11.9. The smallest absolute Gasteiger partial charge is 0.240 e. The number of benzene rings is 2. The van der Waals surface area contributed by atoms with Crippen molar-refractivity contribution < 1.29 is 4.79 Å². The molecule has 3 rings (SSSR count). The van der Waals surface area contributed by atoms with Crippen LogP contribution in [0.1, 0.15) is 5.56 Å². The summed E-state index contributed by atoms with van der Waals surface area (Å²) in [4.78, 5) is 16.3. The summed E-state index contributed by atoms with van der Waals surface area (Å²) in [5.41, 5.74) is 2.07. The monoisotopic (exact) mass is 297 g/mol. The molecule has 0 bridgehead atoms. The van der Waals surface area contributed by atoms with Gasteiger partial charge in [0.15, 0.2) is 5.13 Å². The molecule has 4 nitrogen and oxygen atoms in total. The lowest BCUT2D eigenvalue weighted by atomic mass is 10.2. The number of anilines is 1. The molecule has 21 heavy (non-hydrogen) atoms. The van der Waals surface area contributed by atoms with Gasteiger partial charge in [-0.3, -0.25) is 4.79 Å². The van der Waals surface area contributed by atoms with Gasteiger partial charge >= 0.3 is 0 Å². The third kappa shape index (κ3) is 3.65. The van der Waals surface area contributed by atoms with Gasteiger partial charge in [0, 0.05) is 6.54 Å². The van der Waals surface area contributed by atoms with E-state index in [-0.39, 0.29) is 12.5 Å². The largest absolute Gasteiger partial charge is 0.304 e. The Labute approximate surface area is 126 Å². The molecule has 0 spiro atoms. The predicted octanol–water partition coefficient (Wildman–Crippen LogP) is 3.02. The number of aromatic nitrogens is 1. The minimum Gasteiger partial charge on any atom is -0.304 e. The fourth-order valence-electron chi connectivity index (χ4n) is 2.01. The second-order valence-corrected chi connectivity index (χ2v) is 5.65. The van der Waals surface area contributed by atoms with E-state index in [9.17, 15) is 4.79 Å². The average molecular weight is 297 g/mol. The van der Waals surface area contributed by atoms with Crippen molar-refractivity contribution in [3.8, 4) is 0 Å². The zero-order valence-corrected chi connectivity index (χ0v) is 12.2. The minimum absolute atomic E-state index is 0.0787. The minimum atomic E-state index is -0.0787. The molecule has 1 amide bonds. The van der Waals surface area contributed by atoms with E-state index >= 15 is 0 Å². The van der Waals surface area contributed by atoms with E-state index in [0.717, 1.165) is 15.8 Å². The Hall–Kier alpha value is -2.24. The fourth-order valence-corrected chi connectivity index (χ4v) is 2.89. The Balaban J connectivity index is 1.52. The molecule has 0 unspecified atom stereocenters. The van der Waals surface area contributed by atoms with Crippen LogP contribution >= 0.6 is 11.3 Å². The molecule has 5 heteroatoms. The van der Waals surface area contributed by atoms with Crippen LogP contribution in [0.25, 0.3) is 10.2 Å². The number of carbonyl (C=O) groups is 1. The maximum atomic E-state index is 11.9. The van der Waals surface area contributed by atoms with Crippen molar-refractivity contribution in [1.29, 1.82) is 0 Å². The topological polar surface area (TPSA) is 54.0 Å². The Bertz CT molecular complexity index is 706. The summed E-state index contributed by atoms with van der Waals surface area (Å²) >= 11 is 1.48. The quantitative estimate of drug-likeness (QED) is 0.761. The van der Waals surface area contributed by atoms with Crippen molar-refractivity contribution >= 4 is 32.6 Å². The van der Waals surface area contributed by atoms with Crippen molar-refractivity contribution in [2.45, 2.75) is 6.54 Å². The van der Waals surface area contributed by atoms with Gasteiger partial charge in [-0.25, -0.2) is 4.98 Å². The number of nitrogens with zero attached hydrogens (tertiary/aromatic N) is 1. The van der Waals surface area contributed by atoms with Crippen LogP contribution in [0.5, 0.6) is 0 Å². The molecular weight excluding hydrogens is 282 g/mol. The Morgan fingerprint density at radius 3 is 2.62 bits per heavy atom. The maximum Gasteiger partial charge on any atom is 0.240 e. The molecular formula is C16H15N3OS. The van der Waals surface area contributed by atoms with Gasteiger partial charge in [-0.2, -0.15) is 0 Å². The number of carbonyl (C=O) groups excluding carboxylic acids is 1. The normalized spacial score (nSPS) is 10.7. The van der Waals surface area contributed by atoms with Crippen LogP contribution < -0.4 is 10.6 Å². The van der Waals surface area contributed by atoms with Crippen LogP contribution in [0, 0.1) is 0 Å². The van der Waals surface area contributed by atoms with Crippen LogP contribution in [-0.4, -0.2) is 17.4 Å². The predicted molar refractivity (Wildman–Crippen MR) is 86.4 cm³/mol. The Morgan fingerprint density at radius 1 is 1.05 bits per heavy atom. The number of amides is 1. The summed E-state index contributed by atoms with van der Waals surface area (Å²) in [5.74, 6) is -0.0787. The number of thiazole rings is 1. The number of para-hydroxylation sites is 1. The molecule has 0 radical (unpaired) electrons. The second-order valence-electron chi connectivity index (χ2n) is 4.62. The zero-order valence-electron chi connectivity index (χ0n) is 11.4. The fraction of sp³-hybridized carbons (Fsp3) is 0.125. The molecule has 0 fully saturated rings. The van der Waals surface area contributed by atoms with Crippen molar-refractivity contribution in [2.24, 2.45) is 0 Å². The highest BCUT2D eigenvalue weighted by Crippen LogP contribution is 2.25. The van der Waals surface area contributed by atoms with Gasteiger partial charge < -0.3 is 10.6 Å². The number of hydrogen-bond donors (Lipinski definition) is 2. The average Bonchev–Trinajstić information content (AvgIpc) is 2.90. The molecule has 0 aliphatic rings. The van der Waals surface area contributed by atoms with E-state index in [1.54, 1.807) is 0 Å². The van der Waals surface area contributed by atoms with E-state index in [1.165, 1.54) is 11.3 Å². The van der Waals surface area contributed by atoms with Crippen LogP contribution in [0.3, 0.4) is 0 Å². The Morgan fingerprint density at radius 2 is 1.81 bits per heavy atom. The third-order valence-electron chi connectivity index (χ3n) is 3.00. The third-order valence-corrected chi connectivity index (χ3v) is 3.95. The van der Waals surface area contributed by atoms with Crippen molar-refractivity contribution in [3.05, 3.63) is 60.2 Å². The molecule has 0 aliphatic carbocycles. The molecule has 1 aromatic heterocycles. The van der Waals surface area contributed by atoms with Gasteiger partial charge in [0.2, 0.25) is 5.91 Å². The number of fused-ring (bicyclic) bond motifs is 1. The summed E-state index contributed by atoms with van der Waals surface area (Å²) < 4.78 is 1.07. The molecule has 0 saturated carbocycles. The zero-order chi connectivity index (χ0) is 14.5. The van der Waals surface area contributed by atoms with E-state index in [1.807, 2.05) is 54.6 Å². The first-order valence-electron chi connectivity index (χ1n) is 6.71. The van der Waals surface area contributed by atoms with Gasteiger partial charge in [-0.05, 0) is 17.7 Å². The summed E-state index contributed by atoms with van der Waals surface area (Å²) in [6, 6.07) is 17.8. The molecule has 0 atom stereocenters. The molecule has 106 valence electrons. The van der Waals surface area contributed by atoms with E-state index < -0.39 is 0 Å². The van der Waals surface area contributed by atoms with Gasteiger partial charge in [-0.1, -0.05) is 53.8 Å². The van der Waals surface area contributed by atoms with Crippen LogP contribution in [-0.2, 0) is 11.3 Å². The summed E-state index contributed by atoms with van der Waals surface area (Å²) in [6.07, 6.45) is 0. The molecule has 0 aliphatic heterocycles. The highest BCUT2D eigenvalue weighted by Gasteiger charge is 2.06. The Kier molecular flexibility index (Phi) is 4.23. The van der Waals surface area contributed by atoms with Crippen LogP contribution in [0.2, 0.25) is 0 Å². The van der Waals surface area contributed by atoms with E-state index in [4.69, 9.17) is 0 Å². The first-order chi connectivity index (χ1) is 10.3. The molecule has 0 saturated heterocycles. The van der Waals surface area contributed by atoms with Gasteiger partial charge in [0.25, 0.3) is 0 Å². The standard InChI is InChI=1S/C16H15N3OS/c20-15(11-17-10-12-6-2-1-3-7-12)19-16-18-13-8-4-5-9-14(13)21-16/h1-9,17H,10-11H2,(H,18,19,20). The SMILES string of the molecule is O=C(CNCc1ccccc1)Nc1nc2ccccc2s1. The number of hydrogen-bond acceptors (Lipinski definition) is 4. The highest BCUT2D eigenvalue weighted by molar-refractivity contribution is 7.22. The summed E-state index contributed by atoms with van der Waals surface area (Å²) in [5, 5.41) is 6.59. The first kappa shape index (κ1) is 13.7.